The van der Waals surface area contributed by atoms with E-state index in [1.165, 1.54) is 24.2 Å². The number of aromatic nitrogens is 2. The fraction of sp³-hybridized carbons (Fsp3) is 0.500. The molecular formula is C14H19N3. The van der Waals surface area contributed by atoms with Gasteiger partial charge in [0, 0.05) is 7.05 Å². The van der Waals surface area contributed by atoms with Gasteiger partial charge in [0.05, 0.1) is 16.6 Å². The topological polar surface area (TPSA) is 29.9 Å². The van der Waals surface area contributed by atoms with Crippen molar-refractivity contribution in [3.8, 4) is 0 Å². The van der Waals surface area contributed by atoms with E-state index in [0.29, 0.717) is 0 Å². The molecule has 1 fully saturated rings. The number of nitrogens with zero attached hydrogens (tertiary/aromatic N) is 2. The summed E-state index contributed by atoms with van der Waals surface area (Å²) in [6.07, 6.45) is 3.54. The van der Waals surface area contributed by atoms with Gasteiger partial charge >= 0.3 is 0 Å². The predicted molar refractivity (Wildman–Crippen MR) is 69.9 cm³/mol. The normalized spacial score (nSPS) is 24.6. The number of hydrogen-bond donors (Lipinski definition) is 1. The van der Waals surface area contributed by atoms with Gasteiger partial charge in [0.2, 0.25) is 0 Å². The molecule has 1 N–H and O–H groups in total. The zero-order valence-corrected chi connectivity index (χ0v) is 10.5. The van der Waals surface area contributed by atoms with Crippen molar-refractivity contribution in [1.29, 1.82) is 0 Å². The fourth-order valence-corrected chi connectivity index (χ4v) is 3.03. The van der Waals surface area contributed by atoms with Gasteiger partial charge in [0.25, 0.3) is 0 Å². The number of imidazole rings is 1. The fourth-order valence-electron chi connectivity index (χ4n) is 3.03. The Morgan fingerprint density at radius 3 is 2.88 bits per heavy atom. The third-order valence-corrected chi connectivity index (χ3v) is 4.06. The lowest BCUT2D eigenvalue weighted by atomic mass is 9.93. The standard InChI is InChI=1S/C14H19N3/c1-3-14(9-6-10-15-14)13-16-11-7-4-5-8-12(11)17(13)2/h4-5,7-8,15H,3,6,9-10H2,1-2H3. The van der Waals surface area contributed by atoms with Crippen molar-refractivity contribution in [2.75, 3.05) is 6.54 Å². The Morgan fingerprint density at radius 1 is 1.41 bits per heavy atom. The summed E-state index contributed by atoms with van der Waals surface area (Å²) >= 11 is 0. The van der Waals surface area contributed by atoms with Crippen LogP contribution in [-0.4, -0.2) is 16.1 Å². The lowest BCUT2D eigenvalue weighted by Crippen LogP contribution is -2.38. The van der Waals surface area contributed by atoms with E-state index >= 15 is 0 Å². The van der Waals surface area contributed by atoms with E-state index in [1.807, 2.05) is 0 Å². The second kappa shape index (κ2) is 3.84. The first-order valence-corrected chi connectivity index (χ1v) is 6.44. The van der Waals surface area contributed by atoms with Gasteiger partial charge < -0.3 is 9.88 Å². The quantitative estimate of drug-likeness (QED) is 0.857. The molecule has 0 amide bonds. The van der Waals surface area contributed by atoms with Crippen LogP contribution in [-0.2, 0) is 12.6 Å². The van der Waals surface area contributed by atoms with Gasteiger partial charge in [-0.1, -0.05) is 19.1 Å². The molecule has 1 atom stereocenters. The van der Waals surface area contributed by atoms with Crippen LogP contribution < -0.4 is 5.32 Å². The molecule has 1 aromatic heterocycles. The van der Waals surface area contributed by atoms with Gasteiger partial charge in [-0.15, -0.1) is 0 Å². The Hall–Kier alpha value is -1.35. The molecule has 0 radical (unpaired) electrons. The summed E-state index contributed by atoms with van der Waals surface area (Å²) in [6.45, 7) is 3.36. The van der Waals surface area contributed by atoms with Crippen molar-refractivity contribution < 1.29 is 0 Å². The number of rotatable bonds is 2. The third kappa shape index (κ3) is 1.49. The van der Waals surface area contributed by atoms with Crippen LogP contribution in [0.15, 0.2) is 24.3 Å². The van der Waals surface area contributed by atoms with Crippen LogP contribution in [0.5, 0.6) is 0 Å². The van der Waals surface area contributed by atoms with Crippen molar-refractivity contribution in [3.63, 3.8) is 0 Å². The molecule has 90 valence electrons. The second-order valence-corrected chi connectivity index (χ2v) is 4.95. The van der Waals surface area contributed by atoms with Crippen LogP contribution in [0.4, 0.5) is 0 Å². The molecule has 3 heteroatoms. The van der Waals surface area contributed by atoms with Gasteiger partial charge in [-0.05, 0) is 37.9 Å². The van der Waals surface area contributed by atoms with Crippen LogP contribution in [0, 0.1) is 0 Å². The predicted octanol–water partition coefficient (Wildman–Crippen LogP) is 2.56. The Labute approximate surface area is 102 Å². The van der Waals surface area contributed by atoms with Gasteiger partial charge in [0.1, 0.15) is 5.82 Å². The lowest BCUT2D eigenvalue weighted by Gasteiger charge is -2.27. The molecule has 1 aliphatic rings. The molecule has 3 rings (SSSR count). The highest BCUT2D eigenvalue weighted by molar-refractivity contribution is 5.76. The third-order valence-electron chi connectivity index (χ3n) is 4.06. The van der Waals surface area contributed by atoms with E-state index in [0.717, 1.165) is 18.5 Å². The molecule has 0 saturated carbocycles. The highest BCUT2D eigenvalue weighted by Gasteiger charge is 2.37. The van der Waals surface area contributed by atoms with Crippen LogP contribution in [0.1, 0.15) is 32.0 Å². The molecule has 3 nitrogen and oxygen atoms in total. The molecular weight excluding hydrogens is 210 g/mol. The minimum Gasteiger partial charge on any atom is -0.330 e. The van der Waals surface area contributed by atoms with E-state index < -0.39 is 0 Å². The summed E-state index contributed by atoms with van der Waals surface area (Å²) < 4.78 is 2.25. The average Bonchev–Trinajstić information content (AvgIpc) is 2.96. The van der Waals surface area contributed by atoms with Crippen LogP contribution in [0.3, 0.4) is 0 Å². The smallest absolute Gasteiger partial charge is 0.129 e. The molecule has 1 unspecified atom stereocenters. The maximum absolute atomic E-state index is 4.84. The van der Waals surface area contributed by atoms with Crippen molar-refractivity contribution in [2.24, 2.45) is 7.05 Å². The van der Waals surface area contributed by atoms with Gasteiger partial charge in [-0.25, -0.2) is 4.98 Å². The summed E-state index contributed by atoms with van der Waals surface area (Å²) in [7, 11) is 2.13. The summed E-state index contributed by atoms with van der Waals surface area (Å²) in [5, 5.41) is 3.65. The summed E-state index contributed by atoms with van der Waals surface area (Å²) in [5.41, 5.74) is 2.42. The zero-order valence-electron chi connectivity index (χ0n) is 10.5. The second-order valence-electron chi connectivity index (χ2n) is 4.95. The van der Waals surface area contributed by atoms with Gasteiger partial charge in [0.15, 0.2) is 0 Å². The van der Waals surface area contributed by atoms with E-state index in [1.54, 1.807) is 0 Å². The first-order valence-electron chi connectivity index (χ1n) is 6.44. The molecule has 2 aromatic rings. The largest absolute Gasteiger partial charge is 0.330 e. The zero-order chi connectivity index (χ0) is 11.9. The molecule has 1 saturated heterocycles. The number of hydrogen-bond acceptors (Lipinski definition) is 2. The summed E-state index contributed by atoms with van der Waals surface area (Å²) in [4.78, 5) is 4.84. The number of benzene rings is 1. The van der Waals surface area contributed by atoms with Crippen molar-refractivity contribution in [1.82, 2.24) is 14.9 Å². The number of para-hydroxylation sites is 2. The van der Waals surface area contributed by atoms with Crippen molar-refractivity contribution in [2.45, 2.75) is 31.7 Å². The minimum atomic E-state index is 0.0910. The Morgan fingerprint density at radius 2 is 2.24 bits per heavy atom. The molecule has 17 heavy (non-hydrogen) atoms. The molecule has 1 aliphatic heterocycles. The monoisotopic (exact) mass is 229 g/mol. The van der Waals surface area contributed by atoms with Crippen LogP contribution >= 0.6 is 0 Å². The average molecular weight is 229 g/mol. The van der Waals surface area contributed by atoms with Gasteiger partial charge in [-0.3, -0.25) is 0 Å². The SMILES string of the molecule is CCC1(c2nc3ccccc3n2C)CCCN1. The molecule has 0 bridgehead atoms. The Kier molecular flexibility index (Phi) is 2.44. The van der Waals surface area contributed by atoms with Crippen molar-refractivity contribution >= 4 is 11.0 Å². The number of fused-ring (bicyclic) bond motifs is 1. The van der Waals surface area contributed by atoms with Gasteiger partial charge in [-0.2, -0.15) is 0 Å². The Balaban J connectivity index is 2.19. The molecule has 1 aromatic carbocycles. The Bertz CT molecular complexity index is 535. The molecule has 2 heterocycles. The lowest BCUT2D eigenvalue weighted by molar-refractivity contribution is 0.345. The maximum atomic E-state index is 4.84. The minimum absolute atomic E-state index is 0.0910. The van der Waals surface area contributed by atoms with E-state index in [4.69, 9.17) is 4.98 Å². The van der Waals surface area contributed by atoms with E-state index in [2.05, 4.69) is 48.1 Å². The highest BCUT2D eigenvalue weighted by atomic mass is 15.1. The van der Waals surface area contributed by atoms with Crippen LogP contribution in [0.25, 0.3) is 11.0 Å². The van der Waals surface area contributed by atoms with Crippen LogP contribution in [0.2, 0.25) is 0 Å². The summed E-state index contributed by atoms with van der Waals surface area (Å²) in [5.74, 6) is 1.19. The highest BCUT2D eigenvalue weighted by Crippen LogP contribution is 2.34. The van der Waals surface area contributed by atoms with Crippen molar-refractivity contribution in [3.05, 3.63) is 30.1 Å². The van der Waals surface area contributed by atoms with E-state index in [-0.39, 0.29) is 5.54 Å². The summed E-state index contributed by atoms with van der Waals surface area (Å²) in [6, 6.07) is 8.37. The maximum Gasteiger partial charge on any atom is 0.129 e. The van der Waals surface area contributed by atoms with E-state index in [9.17, 15) is 0 Å². The number of nitrogens with one attached hydrogen (secondary N) is 1. The number of aryl methyl sites for hydroxylation is 1. The first-order chi connectivity index (χ1) is 8.27. The molecule has 0 spiro atoms. The first kappa shape index (κ1) is 10.8. The molecule has 0 aliphatic carbocycles.